The van der Waals surface area contributed by atoms with Gasteiger partial charge >= 0.3 is 0 Å². The molecule has 2 aromatic carbocycles. The highest BCUT2D eigenvalue weighted by Crippen LogP contribution is 2.21. The van der Waals surface area contributed by atoms with Gasteiger partial charge in [-0.3, -0.25) is 4.79 Å². The Morgan fingerprint density at radius 1 is 1.25 bits per heavy atom. The van der Waals surface area contributed by atoms with Gasteiger partial charge in [0, 0.05) is 12.0 Å². The largest absolute Gasteiger partial charge is 0.496 e. The van der Waals surface area contributed by atoms with E-state index in [4.69, 9.17) is 16.3 Å². The third-order valence-corrected chi connectivity index (χ3v) is 3.35. The predicted octanol–water partition coefficient (Wildman–Crippen LogP) is 4.30. The topological polar surface area (TPSA) is 26.3 Å². The molecule has 0 aliphatic carbocycles. The van der Waals surface area contributed by atoms with Crippen LogP contribution in [0.1, 0.15) is 22.3 Å². The molecule has 104 valence electrons. The Morgan fingerprint density at radius 3 is 2.70 bits per heavy atom. The molecule has 2 rings (SSSR count). The van der Waals surface area contributed by atoms with Crippen LogP contribution in [0.5, 0.6) is 5.75 Å². The molecule has 20 heavy (non-hydrogen) atoms. The number of methoxy groups -OCH3 is 1. The maximum absolute atomic E-state index is 13.1. The van der Waals surface area contributed by atoms with Crippen molar-refractivity contribution in [1.29, 1.82) is 0 Å². The van der Waals surface area contributed by atoms with E-state index in [1.807, 2.05) is 24.3 Å². The fourth-order valence-electron chi connectivity index (χ4n) is 1.97. The van der Waals surface area contributed by atoms with E-state index in [0.717, 1.165) is 11.3 Å². The summed E-state index contributed by atoms with van der Waals surface area (Å²) < 4.78 is 18.3. The molecule has 0 heterocycles. The van der Waals surface area contributed by atoms with E-state index in [9.17, 15) is 9.18 Å². The maximum atomic E-state index is 13.1. The van der Waals surface area contributed by atoms with Crippen LogP contribution >= 0.6 is 11.6 Å². The van der Waals surface area contributed by atoms with Crippen LogP contribution < -0.4 is 4.74 Å². The predicted molar refractivity (Wildman–Crippen MR) is 77.1 cm³/mol. The highest BCUT2D eigenvalue weighted by Gasteiger charge is 2.10. The normalized spacial score (nSPS) is 10.3. The Labute approximate surface area is 122 Å². The van der Waals surface area contributed by atoms with Gasteiger partial charge in [-0.15, -0.1) is 0 Å². The number of aryl methyl sites for hydroxylation is 1. The number of rotatable bonds is 5. The van der Waals surface area contributed by atoms with Crippen LogP contribution in [0.25, 0.3) is 0 Å². The van der Waals surface area contributed by atoms with Gasteiger partial charge in [0.1, 0.15) is 11.6 Å². The summed E-state index contributed by atoms with van der Waals surface area (Å²) in [4.78, 5) is 12.1. The number of hydrogen-bond donors (Lipinski definition) is 0. The van der Waals surface area contributed by atoms with Crippen molar-refractivity contribution in [3.8, 4) is 5.75 Å². The fourth-order valence-corrected chi connectivity index (χ4v) is 2.15. The van der Waals surface area contributed by atoms with Gasteiger partial charge in [0.25, 0.3) is 0 Å². The second-order valence-electron chi connectivity index (χ2n) is 4.36. The molecule has 2 aromatic rings. The molecule has 0 N–H and O–H groups in total. The molecule has 0 radical (unpaired) electrons. The van der Waals surface area contributed by atoms with Crippen LogP contribution in [0.3, 0.4) is 0 Å². The third kappa shape index (κ3) is 3.36. The van der Waals surface area contributed by atoms with Gasteiger partial charge < -0.3 is 4.74 Å². The number of carbonyl (C=O) groups excluding carboxylic acids is 1. The number of hydrogen-bond acceptors (Lipinski definition) is 2. The number of carbonyl (C=O) groups is 1. The first-order valence-corrected chi connectivity index (χ1v) is 6.59. The quantitative estimate of drug-likeness (QED) is 0.768. The van der Waals surface area contributed by atoms with Crippen LogP contribution in [0.2, 0.25) is 5.02 Å². The molecule has 4 heteroatoms. The van der Waals surface area contributed by atoms with Gasteiger partial charge in [-0.25, -0.2) is 4.39 Å². The molecule has 0 atom stereocenters. The zero-order valence-electron chi connectivity index (χ0n) is 11.0. The van der Waals surface area contributed by atoms with Crippen molar-refractivity contribution in [3.63, 3.8) is 0 Å². The number of Topliss-reactive ketones (excluding diaryl/α,β-unsaturated/α-hetero) is 1. The van der Waals surface area contributed by atoms with E-state index in [1.54, 1.807) is 7.11 Å². The lowest BCUT2D eigenvalue weighted by molar-refractivity contribution is 0.0982. The molecule has 0 saturated heterocycles. The summed E-state index contributed by atoms with van der Waals surface area (Å²) in [5.41, 5.74) is 1.39. The Kier molecular flexibility index (Phi) is 4.74. The minimum absolute atomic E-state index is 0.0341. The summed E-state index contributed by atoms with van der Waals surface area (Å²) in [7, 11) is 1.60. The molecule has 0 saturated carbocycles. The minimum atomic E-state index is -0.520. The zero-order chi connectivity index (χ0) is 14.5. The lowest BCUT2D eigenvalue weighted by Gasteiger charge is -2.07. The Balaban J connectivity index is 2.06. The van der Waals surface area contributed by atoms with Crippen LogP contribution in [0.15, 0.2) is 42.5 Å². The monoisotopic (exact) mass is 292 g/mol. The molecule has 0 fully saturated rings. The number of ether oxygens (including phenoxy) is 1. The van der Waals surface area contributed by atoms with E-state index in [1.165, 1.54) is 18.2 Å². The number of para-hydroxylation sites is 1. The lowest BCUT2D eigenvalue weighted by Crippen LogP contribution is -2.02. The van der Waals surface area contributed by atoms with E-state index >= 15 is 0 Å². The van der Waals surface area contributed by atoms with Gasteiger partial charge in [-0.05, 0) is 36.2 Å². The van der Waals surface area contributed by atoms with Gasteiger partial charge in [0.2, 0.25) is 0 Å². The first kappa shape index (κ1) is 14.5. The Hall–Kier alpha value is -1.87. The molecule has 0 spiro atoms. The number of halogens is 2. The van der Waals surface area contributed by atoms with Gasteiger partial charge in [0.15, 0.2) is 5.78 Å². The summed E-state index contributed by atoms with van der Waals surface area (Å²) in [6.45, 7) is 0. The third-order valence-electron chi connectivity index (χ3n) is 3.06. The van der Waals surface area contributed by atoms with Crippen molar-refractivity contribution >= 4 is 17.4 Å². The van der Waals surface area contributed by atoms with E-state index < -0.39 is 5.82 Å². The standard InChI is InChI=1S/C16H14ClFO2/c1-20-16-5-3-2-4-11(16)7-9-15(19)12-6-8-14(18)13(17)10-12/h2-6,8,10H,7,9H2,1H3. The lowest BCUT2D eigenvalue weighted by atomic mass is 10.0. The molecular formula is C16H14ClFO2. The number of ketones is 1. The summed E-state index contributed by atoms with van der Waals surface area (Å²) >= 11 is 5.68. The first-order chi connectivity index (χ1) is 9.61. The van der Waals surface area contributed by atoms with E-state index in [2.05, 4.69) is 0 Å². The van der Waals surface area contributed by atoms with Crippen LogP contribution in [-0.4, -0.2) is 12.9 Å². The zero-order valence-corrected chi connectivity index (χ0v) is 11.8. The second-order valence-corrected chi connectivity index (χ2v) is 4.77. The van der Waals surface area contributed by atoms with Crippen LogP contribution in [-0.2, 0) is 6.42 Å². The van der Waals surface area contributed by atoms with Gasteiger partial charge in [0.05, 0.1) is 12.1 Å². The van der Waals surface area contributed by atoms with Crippen molar-refractivity contribution in [2.75, 3.05) is 7.11 Å². The SMILES string of the molecule is COc1ccccc1CCC(=O)c1ccc(F)c(Cl)c1. The van der Waals surface area contributed by atoms with Crippen molar-refractivity contribution < 1.29 is 13.9 Å². The molecule has 0 aliphatic heterocycles. The molecule has 0 unspecified atom stereocenters. The summed E-state index contributed by atoms with van der Waals surface area (Å²) in [6.07, 6.45) is 0.889. The first-order valence-electron chi connectivity index (χ1n) is 6.22. The molecule has 0 bridgehead atoms. The van der Waals surface area contributed by atoms with Crippen LogP contribution in [0, 0.1) is 5.82 Å². The minimum Gasteiger partial charge on any atom is -0.496 e. The average molecular weight is 293 g/mol. The number of benzene rings is 2. The van der Waals surface area contributed by atoms with Crippen molar-refractivity contribution in [2.45, 2.75) is 12.8 Å². The summed E-state index contributed by atoms with van der Waals surface area (Å²) in [5.74, 6) is 0.170. The molecule has 0 aliphatic rings. The Bertz CT molecular complexity index is 626. The van der Waals surface area contributed by atoms with Gasteiger partial charge in [-0.1, -0.05) is 29.8 Å². The van der Waals surface area contributed by atoms with E-state index in [-0.39, 0.29) is 10.8 Å². The molecular weight excluding hydrogens is 279 g/mol. The Morgan fingerprint density at radius 2 is 2.00 bits per heavy atom. The molecule has 2 nitrogen and oxygen atoms in total. The summed E-state index contributed by atoms with van der Waals surface area (Å²) in [5, 5.41) is -0.0341. The molecule has 0 amide bonds. The van der Waals surface area contributed by atoms with Gasteiger partial charge in [-0.2, -0.15) is 0 Å². The average Bonchev–Trinajstić information content (AvgIpc) is 2.47. The van der Waals surface area contributed by atoms with Crippen molar-refractivity contribution in [2.24, 2.45) is 0 Å². The highest BCUT2D eigenvalue weighted by molar-refractivity contribution is 6.31. The fraction of sp³-hybridized carbons (Fsp3) is 0.188. The summed E-state index contributed by atoms with van der Waals surface area (Å²) in [6, 6.07) is 11.6. The highest BCUT2D eigenvalue weighted by atomic mass is 35.5. The van der Waals surface area contributed by atoms with Crippen molar-refractivity contribution in [1.82, 2.24) is 0 Å². The van der Waals surface area contributed by atoms with Crippen LogP contribution in [0.4, 0.5) is 4.39 Å². The maximum Gasteiger partial charge on any atom is 0.163 e. The van der Waals surface area contributed by atoms with Crippen molar-refractivity contribution in [3.05, 3.63) is 64.4 Å². The molecule has 0 aromatic heterocycles. The van der Waals surface area contributed by atoms with E-state index in [0.29, 0.717) is 18.4 Å². The smallest absolute Gasteiger partial charge is 0.163 e. The second kappa shape index (κ2) is 6.53.